The molecule has 1 saturated heterocycles. The smallest absolute Gasteiger partial charge is 0.310 e. The first-order chi connectivity index (χ1) is 7.72. The highest BCUT2D eigenvalue weighted by Crippen LogP contribution is 2.30. The third kappa shape index (κ3) is 2.02. The number of methoxy groups -OCH3 is 1. The van der Waals surface area contributed by atoms with Crippen LogP contribution >= 0.6 is 0 Å². The summed E-state index contributed by atoms with van der Waals surface area (Å²) in [6, 6.07) is 7.04. The van der Waals surface area contributed by atoms with Crippen molar-refractivity contribution >= 4 is 5.97 Å². The van der Waals surface area contributed by atoms with Gasteiger partial charge in [-0.3, -0.25) is 4.79 Å². The maximum absolute atomic E-state index is 11.6. The highest BCUT2D eigenvalue weighted by atomic mass is 16.5. The van der Waals surface area contributed by atoms with E-state index in [1.807, 2.05) is 6.07 Å². The van der Waals surface area contributed by atoms with Gasteiger partial charge in [-0.1, -0.05) is 12.1 Å². The summed E-state index contributed by atoms with van der Waals surface area (Å²) < 4.78 is 4.77. The van der Waals surface area contributed by atoms with E-state index >= 15 is 0 Å². The average molecular weight is 221 g/mol. The first-order valence-electron chi connectivity index (χ1n) is 5.30. The van der Waals surface area contributed by atoms with E-state index in [9.17, 15) is 9.90 Å². The number of ether oxygens (including phenoxy) is 1. The van der Waals surface area contributed by atoms with Gasteiger partial charge in [0.25, 0.3) is 0 Å². The van der Waals surface area contributed by atoms with E-state index in [4.69, 9.17) is 4.74 Å². The van der Waals surface area contributed by atoms with E-state index in [1.165, 1.54) is 7.11 Å². The lowest BCUT2D eigenvalue weighted by Crippen LogP contribution is -2.22. The van der Waals surface area contributed by atoms with Crippen LogP contribution in [0.5, 0.6) is 5.75 Å². The predicted molar refractivity (Wildman–Crippen MR) is 59.2 cm³/mol. The molecule has 1 fully saturated rings. The first-order valence-corrected chi connectivity index (χ1v) is 5.30. The molecule has 4 nitrogen and oxygen atoms in total. The molecule has 1 aromatic rings. The quantitative estimate of drug-likeness (QED) is 0.727. The molecule has 1 aliphatic heterocycles. The molecule has 0 aromatic heterocycles. The number of nitrogens with one attached hydrogen (secondary N) is 1. The van der Waals surface area contributed by atoms with Crippen molar-refractivity contribution in [1.82, 2.24) is 5.32 Å². The van der Waals surface area contributed by atoms with Gasteiger partial charge in [-0.2, -0.15) is 0 Å². The van der Waals surface area contributed by atoms with Gasteiger partial charge in [0.15, 0.2) is 0 Å². The molecule has 0 spiro atoms. The Balaban J connectivity index is 2.23. The van der Waals surface area contributed by atoms with Gasteiger partial charge in [-0.25, -0.2) is 0 Å². The topological polar surface area (TPSA) is 58.6 Å². The lowest BCUT2D eigenvalue weighted by atomic mass is 9.89. The normalized spacial score (nSPS) is 24.3. The summed E-state index contributed by atoms with van der Waals surface area (Å²) in [4.78, 5) is 11.6. The number of benzene rings is 1. The van der Waals surface area contributed by atoms with E-state index < -0.39 is 0 Å². The standard InChI is InChI=1S/C12H15NO3/c1-16-12(15)11-7-13-6-10(11)8-3-2-4-9(14)5-8/h2-5,10-11,13-14H,6-7H2,1H3. The highest BCUT2D eigenvalue weighted by molar-refractivity contribution is 5.74. The summed E-state index contributed by atoms with van der Waals surface area (Å²) in [6.07, 6.45) is 0. The van der Waals surface area contributed by atoms with E-state index in [0.29, 0.717) is 6.54 Å². The summed E-state index contributed by atoms with van der Waals surface area (Å²) in [6.45, 7) is 1.37. The van der Waals surface area contributed by atoms with Gasteiger partial charge in [0.2, 0.25) is 0 Å². The molecular formula is C12H15NO3. The van der Waals surface area contributed by atoms with Crippen molar-refractivity contribution in [3.05, 3.63) is 29.8 Å². The molecule has 2 atom stereocenters. The van der Waals surface area contributed by atoms with Crippen LogP contribution in [-0.2, 0) is 9.53 Å². The second kappa shape index (κ2) is 4.53. The maximum atomic E-state index is 11.6. The number of carbonyl (C=O) groups is 1. The van der Waals surface area contributed by atoms with Gasteiger partial charge in [0.05, 0.1) is 13.0 Å². The largest absolute Gasteiger partial charge is 0.508 e. The Morgan fingerprint density at radius 3 is 3.00 bits per heavy atom. The number of phenolic OH excluding ortho intramolecular Hbond substituents is 1. The molecule has 2 N–H and O–H groups in total. The van der Waals surface area contributed by atoms with E-state index in [1.54, 1.807) is 18.2 Å². The molecule has 2 unspecified atom stereocenters. The number of rotatable bonds is 2. The maximum Gasteiger partial charge on any atom is 0.310 e. The molecule has 0 aliphatic carbocycles. The van der Waals surface area contributed by atoms with E-state index in [2.05, 4.69) is 5.32 Å². The second-order valence-electron chi connectivity index (χ2n) is 3.99. The zero-order valence-electron chi connectivity index (χ0n) is 9.14. The lowest BCUT2D eigenvalue weighted by Gasteiger charge is -2.16. The van der Waals surface area contributed by atoms with Crippen LogP contribution in [0.15, 0.2) is 24.3 Å². The molecule has 16 heavy (non-hydrogen) atoms. The number of phenols is 1. The number of aromatic hydroxyl groups is 1. The Hall–Kier alpha value is -1.55. The van der Waals surface area contributed by atoms with Crippen molar-refractivity contribution in [1.29, 1.82) is 0 Å². The zero-order chi connectivity index (χ0) is 11.5. The summed E-state index contributed by atoms with van der Waals surface area (Å²) in [7, 11) is 1.40. The minimum atomic E-state index is -0.196. The van der Waals surface area contributed by atoms with Crippen molar-refractivity contribution in [2.45, 2.75) is 5.92 Å². The van der Waals surface area contributed by atoms with Crippen LogP contribution in [-0.4, -0.2) is 31.3 Å². The van der Waals surface area contributed by atoms with E-state index in [0.717, 1.165) is 12.1 Å². The number of carbonyl (C=O) groups excluding carboxylic acids is 1. The van der Waals surface area contributed by atoms with Crippen LogP contribution in [0.3, 0.4) is 0 Å². The van der Waals surface area contributed by atoms with Crippen LogP contribution in [0.2, 0.25) is 0 Å². The SMILES string of the molecule is COC(=O)C1CNCC1c1cccc(O)c1. The average Bonchev–Trinajstić information content (AvgIpc) is 2.77. The van der Waals surface area contributed by atoms with Crippen LogP contribution in [0.25, 0.3) is 0 Å². The third-order valence-electron chi connectivity index (χ3n) is 3.02. The number of esters is 1. The Kier molecular flexibility index (Phi) is 3.10. The Bertz CT molecular complexity index is 392. The molecule has 1 aromatic carbocycles. The predicted octanol–water partition coefficient (Wildman–Crippen LogP) is 0.868. The number of hydrogen-bond acceptors (Lipinski definition) is 4. The highest BCUT2D eigenvalue weighted by Gasteiger charge is 2.34. The van der Waals surface area contributed by atoms with Crippen LogP contribution in [0.1, 0.15) is 11.5 Å². The van der Waals surface area contributed by atoms with Gasteiger partial charge < -0.3 is 15.2 Å². The first kappa shape index (κ1) is 11.0. The molecule has 4 heteroatoms. The monoisotopic (exact) mass is 221 g/mol. The van der Waals surface area contributed by atoms with Crippen molar-refractivity contribution < 1.29 is 14.6 Å². The van der Waals surface area contributed by atoms with Crippen LogP contribution in [0.4, 0.5) is 0 Å². The summed E-state index contributed by atoms with van der Waals surface area (Å²) in [5, 5.41) is 12.6. The van der Waals surface area contributed by atoms with Gasteiger partial charge in [-0.15, -0.1) is 0 Å². The van der Waals surface area contributed by atoms with Crippen molar-refractivity contribution in [2.75, 3.05) is 20.2 Å². The zero-order valence-corrected chi connectivity index (χ0v) is 9.14. The molecule has 1 heterocycles. The molecule has 1 aliphatic rings. The van der Waals surface area contributed by atoms with Gasteiger partial charge in [-0.05, 0) is 17.7 Å². The Labute approximate surface area is 94.2 Å². The molecule has 0 radical (unpaired) electrons. The van der Waals surface area contributed by atoms with Crippen LogP contribution in [0, 0.1) is 5.92 Å². The minimum Gasteiger partial charge on any atom is -0.508 e. The Morgan fingerprint density at radius 2 is 2.31 bits per heavy atom. The molecule has 0 saturated carbocycles. The summed E-state index contributed by atoms with van der Waals surface area (Å²) in [5.41, 5.74) is 0.973. The fourth-order valence-corrected chi connectivity index (χ4v) is 2.18. The van der Waals surface area contributed by atoms with Gasteiger partial charge in [0, 0.05) is 19.0 Å². The van der Waals surface area contributed by atoms with Crippen molar-refractivity contribution in [2.24, 2.45) is 5.92 Å². The van der Waals surface area contributed by atoms with Gasteiger partial charge >= 0.3 is 5.97 Å². The summed E-state index contributed by atoms with van der Waals surface area (Å²) in [5.74, 6) is -0.0438. The molecule has 86 valence electrons. The summed E-state index contributed by atoms with van der Waals surface area (Å²) >= 11 is 0. The van der Waals surface area contributed by atoms with Crippen molar-refractivity contribution in [3.63, 3.8) is 0 Å². The third-order valence-corrected chi connectivity index (χ3v) is 3.02. The minimum absolute atomic E-state index is 0.0829. The fraction of sp³-hybridized carbons (Fsp3) is 0.417. The number of hydrogen-bond donors (Lipinski definition) is 2. The van der Waals surface area contributed by atoms with E-state index in [-0.39, 0.29) is 23.6 Å². The van der Waals surface area contributed by atoms with Crippen LogP contribution < -0.4 is 5.32 Å². The van der Waals surface area contributed by atoms with Crippen molar-refractivity contribution in [3.8, 4) is 5.75 Å². The molecule has 0 amide bonds. The molecule has 2 rings (SSSR count). The molecular weight excluding hydrogens is 206 g/mol. The lowest BCUT2D eigenvalue weighted by molar-refractivity contribution is -0.145. The Morgan fingerprint density at radius 1 is 1.50 bits per heavy atom. The molecule has 0 bridgehead atoms. The second-order valence-corrected chi connectivity index (χ2v) is 3.99. The van der Waals surface area contributed by atoms with Gasteiger partial charge in [0.1, 0.15) is 5.75 Å². The fourth-order valence-electron chi connectivity index (χ4n) is 2.18.